The molecule has 0 saturated heterocycles. The van der Waals surface area contributed by atoms with Crippen LogP contribution in [0.1, 0.15) is 16.8 Å². The average Bonchev–Trinajstić information content (AvgIpc) is 2.77. The molecule has 4 nitrogen and oxygen atoms in total. The first-order valence-electron chi connectivity index (χ1n) is 9.47. The first-order chi connectivity index (χ1) is 15.0. The van der Waals surface area contributed by atoms with Gasteiger partial charge in [0, 0.05) is 17.0 Å². The van der Waals surface area contributed by atoms with E-state index in [0.717, 1.165) is 22.7 Å². The van der Waals surface area contributed by atoms with Crippen molar-refractivity contribution < 1.29 is 23.4 Å². The van der Waals surface area contributed by atoms with Gasteiger partial charge < -0.3 is 9.84 Å². The molecule has 0 aliphatic rings. The van der Waals surface area contributed by atoms with Gasteiger partial charge >= 0.3 is 5.97 Å². The smallest absolute Gasteiger partial charge is 0.336 e. The van der Waals surface area contributed by atoms with Crippen LogP contribution in [-0.4, -0.2) is 16.1 Å². The maximum atomic E-state index is 13.9. The van der Waals surface area contributed by atoms with Crippen molar-refractivity contribution in [2.45, 2.75) is 6.61 Å². The number of carboxylic acid groups (broad SMARTS) is 1. The fraction of sp³-hybridized carbons (Fsp3) is 0.0400. The van der Waals surface area contributed by atoms with Crippen LogP contribution in [0.3, 0.4) is 0 Å². The first kappa shape index (κ1) is 20.2. The molecule has 0 spiro atoms. The minimum Gasteiger partial charge on any atom is -0.487 e. The highest BCUT2D eigenvalue weighted by atomic mass is 19.1. The van der Waals surface area contributed by atoms with Crippen LogP contribution in [0.15, 0.2) is 78.9 Å². The fourth-order valence-corrected chi connectivity index (χ4v) is 3.12. The second kappa shape index (κ2) is 8.75. The largest absolute Gasteiger partial charge is 0.487 e. The summed E-state index contributed by atoms with van der Waals surface area (Å²) < 4.78 is 32.8. The standard InChI is InChI=1S/C25H17F2NO3/c26-19-9-5-18(23(27)14-19)13-22(25(29)30)16-7-11-21(12-8-16)31-15-20-10-6-17-3-1-2-4-24(17)28-20/h1-14H,15H2,(H,29,30)/b22-13+. The van der Waals surface area contributed by atoms with Crippen molar-refractivity contribution in [1.82, 2.24) is 4.98 Å². The van der Waals surface area contributed by atoms with Crippen LogP contribution in [0.2, 0.25) is 0 Å². The number of carboxylic acids is 1. The van der Waals surface area contributed by atoms with E-state index in [-0.39, 0.29) is 17.7 Å². The Morgan fingerprint density at radius 2 is 1.74 bits per heavy atom. The van der Waals surface area contributed by atoms with Gasteiger partial charge in [-0.2, -0.15) is 0 Å². The normalized spacial score (nSPS) is 11.5. The van der Waals surface area contributed by atoms with E-state index in [4.69, 9.17) is 4.74 Å². The Labute approximate surface area is 177 Å². The molecule has 1 N–H and O–H groups in total. The molecule has 3 aromatic carbocycles. The molecular weight excluding hydrogens is 400 g/mol. The predicted molar refractivity (Wildman–Crippen MR) is 114 cm³/mol. The van der Waals surface area contributed by atoms with E-state index in [1.54, 1.807) is 24.3 Å². The number of hydrogen-bond acceptors (Lipinski definition) is 3. The summed E-state index contributed by atoms with van der Waals surface area (Å²) in [7, 11) is 0. The minimum atomic E-state index is -1.22. The van der Waals surface area contributed by atoms with Crippen LogP contribution >= 0.6 is 0 Å². The second-order valence-electron chi connectivity index (χ2n) is 6.84. The monoisotopic (exact) mass is 417 g/mol. The van der Waals surface area contributed by atoms with Crippen LogP contribution in [0.4, 0.5) is 8.78 Å². The average molecular weight is 417 g/mol. The Morgan fingerprint density at radius 3 is 2.48 bits per heavy atom. The van der Waals surface area contributed by atoms with Gasteiger partial charge in [-0.25, -0.2) is 18.6 Å². The Balaban J connectivity index is 1.51. The molecule has 31 heavy (non-hydrogen) atoms. The van der Waals surface area contributed by atoms with E-state index in [0.29, 0.717) is 17.4 Å². The number of pyridine rings is 1. The Hall–Kier alpha value is -4.06. The quantitative estimate of drug-likeness (QED) is 0.322. The summed E-state index contributed by atoms with van der Waals surface area (Å²) in [5, 5.41) is 10.6. The molecule has 0 amide bonds. The molecular formula is C25H17F2NO3. The highest BCUT2D eigenvalue weighted by Gasteiger charge is 2.13. The third-order valence-electron chi connectivity index (χ3n) is 4.70. The molecule has 0 fully saturated rings. The number of nitrogens with zero attached hydrogens (tertiary/aromatic N) is 1. The fourth-order valence-electron chi connectivity index (χ4n) is 3.12. The molecule has 0 atom stereocenters. The number of rotatable bonds is 6. The summed E-state index contributed by atoms with van der Waals surface area (Å²) in [6.07, 6.45) is 1.17. The third-order valence-corrected chi connectivity index (χ3v) is 4.70. The lowest BCUT2D eigenvalue weighted by Crippen LogP contribution is -2.01. The van der Waals surface area contributed by atoms with Gasteiger partial charge in [-0.3, -0.25) is 0 Å². The van der Waals surface area contributed by atoms with Gasteiger partial charge in [0.05, 0.1) is 16.8 Å². The van der Waals surface area contributed by atoms with E-state index < -0.39 is 17.6 Å². The Morgan fingerprint density at radius 1 is 0.968 bits per heavy atom. The number of hydrogen-bond donors (Lipinski definition) is 1. The molecule has 0 aliphatic heterocycles. The molecule has 0 radical (unpaired) electrons. The van der Waals surface area contributed by atoms with Crippen LogP contribution in [-0.2, 0) is 11.4 Å². The van der Waals surface area contributed by atoms with Gasteiger partial charge in [-0.1, -0.05) is 36.4 Å². The van der Waals surface area contributed by atoms with Crippen molar-refractivity contribution in [3.05, 3.63) is 107 Å². The molecule has 4 rings (SSSR count). The Bertz CT molecular complexity index is 1280. The first-order valence-corrected chi connectivity index (χ1v) is 9.47. The SMILES string of the molecule is O=C(O)/C(=C/c1ccc(F)cc1F)c1ccc(OCc2ccc3ccccc3n2)cc1. The van der Waals surface area contributed by atoms with E-state index in [1.165, 1.54) is 12.1 Å². The Kier molecular flexibility index (Phi) is 5.71. The zero-order valence-electron chi connectivity index (χ0n) is 16.3. The maximum absolute atomic E-state index is 13.9. The third kappa shape index (κ3) is 4.75. The van der Waals surface area contributed by atoms with Crippen molar-refractivity contribution in [1.29, 1.82) is 0 Å². The number of ether oxygens (including phenoxy) is 1. The summed E-state index contributed by atoms with van der Waals surface area (Å²) >= 11 is 0. The number of aliphatic carboxylic acids is 1. The van der Waals surface area contributed by atoms with Crippen LogP contribution in [0, 0.1) is 11.6 Å². The van der Waals surface area contributed by atoms with Crippen molar-refractivity contribution >= 4 is 28.5 Å². The zero-order valence-corrected chi connectivity index (χ0v) is 16.3. The number of benzene rings is 3. The number of halogens is 2. The van der Waals surface area contributed by atoms with Crippen molar-refractivity contribution in [2.24, 2.45) is 0 Å². The molecule has 1 heterocycles. The number of fused-ring (bicyclic) bond motifs is 1. The van der Waals surface area contributed by atoms with E-state index >= 15 is 0 Å². The molecule has 0 unspecified atom stereocenters. The molecule has 154 valence electrons. The van der Waals surface area contributed by atoms with Gasteiger partial charge in [-0.15, -0.1) is 0 Å². The van der Waals surface area contributed by atoms with Gasteiger partial charge in [0.15, 0.2) is 0 Å². The number of carbonyl (C=O) groups is 1. The molecule has 0 bridgehead atoms. The van der Waals surface area contributed by atoms with Gasteiger partial charge in [0.2, 0.25) is 0 Å². The minimum absolute atomic E-state index is 0.0125. The van der Waals surface area contributed by atoms with Crippen molar-refractivity contribution in [3.63, 3.8) is 0 Å². The molecule has 6 heteroatoms. The lowest BCUT2D eigenvalue weighted by Gasteiger charge is -2.09. The van der Waals surface area contributed by atoms with Crippen LogP contribution in [0.5, 0.6) is 5.75 Å². The summed E-state index contributed by atoms with van der Waals surface area (Å²) in [6.45, 7) is 0.257. The molecule has 0 aliphatic carbocycles. The van der Waals surface area contributed by atoms with E-state index in [9.17, 15) is 18.7 Å². The maximum Gasteiger partial charge on any atom is 0.336 e. The van der Waals surface area contributed by atoms with Crippen molar-refractivity contribution in [2.75, 3.05) is 0 Å². The summed E-state index contributed by atoms with van der Waals surface area (Å²) in [6, 6.07) is 21.0. The lowest BCUT2D eigenvalue weighted by atomic mass is 10.0. The summed E-state index contributed by atoms with van der Waals surface area (Å²) in [5.74, 6) is -2.25. The van der Waals surface area contributed by atoms with Gasteiger partial charge in [0.25, 0.3) is 0 Å². The number of para-hydroxylation sites is 1. The zero-order chi connectivity index (χ0) is 21.8. The second-order valence-corrected chi connectivity index (χ2v) is 6.84. The molecule has 1 aromatic heterocycles. The van der Waals surface area contributed by atoms with Crippen LogP contribution < -0.4 is 4.74 Å². The predicted octanol–water partition coefficient (Wildman–Crippen LogP) is 5.72. The van der Waals surface area contributed by atoms with Crippen LogP contribution in [0.25, 0.3) is 22.6 Å². The highest BCUT2D eigenvalue weighted by Crippen LogP contribution is 2.24. The topological polar surface area (TPSA) is 59.4 Å². The summed E-state index contributed by atoms with van der Waals surface area (Å²) in [5.41, 5.74) is 1.88. The molecule has 4 aromatic rings. The van der Waals surface area contributed by atoms with Gasteiger partial charge in [-0.05, 0) is 48.0 Å². The molecule has 0 saturated carbocycles. The summed E-state index contributed by atoms with van der Waals surface area (Å²) in [4.78, 5) is 16.2. The lowest BCUT2D eigenvalue weighted by molar-refractivity contribution is -0.130. The van der Waals surface area contributed by atoms with Gasteiger partial charge in [0.1, 0.15) is 24.0 Å². The van der Waals surface area contributed by atoms with Crippen molar-refractivity contribution in [3.8, 4) is 5.75 Å². The van der Waals surface area contributed by atoms with E-state index in [2.05, 4.69) is 4.98 Å². The number of aromatic nitrogens is 1. The van der Waals surface area contributed by atoms with E-state index in [1.807, 2.05) is 36.4 Å². The highest BCUT2D eigenvalue weighted by molar-refractivity contribution is 6.20.